The Balaban J connectivity index is 1.63. The van der Waals surface area contributed by atoms with Gasteiger partial charge in [0.15, 0.2) is 0 Å². The van der Waals surface area contributed by atoms with Crippen molar-refractivity contribution in [1.82, 2.24) is 15.1 Å². The molecule has 0 aliphatic carbocycles. The zero-order valence-electron chi connectivity index (χ0n) is 12.7. The van der Waals surface area contributed by atoms with Crippen LogP contribution in [0.25, 0.3) is 0 Å². The van der Waals surface area contributed by atoms with Crippen LogP contribution in [0.1, 0.15) is 44.9 Å². The van der Waals surface area contributed by atoms with Crippen molar-refractivity contribution in [3.63, 3.8) is 0 Å². The third-order valence-electron chi connectivity index (χ3n) is 4.50. The first kappa shape index (κ1) is 16.1. The number of rotatable bonds is 5. The van der Waals surface area contributed by atoms with Gasteiger partial charge in [0.05, 0.1) is 0 Å². The summed E-state index contributed by atoms with van der Waals surface area (Å²) in [6.07, 6.45) is 6.69. The van der Waals surface area contributed by atoms with E-state index in [0.717, 1.165) is 25.9 Å². The van der Waals surface area contributed by atoms with Gasteiger partial charge in [-0.2, -0.15) is 0 Å². The first-order chi connectivity index (χ1) is 10.2. The van der Waals surface area contributed by atoms with E-state index in [2.05, 4.69) is 10.2 Å². The topological polar surface area (TPSA) is 72.9 Å². The number of hydrogen-bond acceptors (Lipinski definition) is 3. The molecule has 2 rings (SSSR count). The minimum atomic E-state index is -0.813. The predicted octanol–water partition coefficient (Wildman–Crippen LogP) is 1.51. The minimum Gasteiger partial charge on any atom is -0.481 e. The summed E-state index contributed by atoms with van der Waals surface area (Å²) in [5.74, 6) is -0.813. The average molecular weight is 297 g/mol. The van der Waals surface area contributed by atoms with Crippen molar-refractivity contribution < 1.29 is 14.7 Å². The molecular weight excluding hydrogens is 270 g/mol. The number of carbonyl (C=O) groups is 2. The molecule has 21 heavy (non-hydrogen) atoms. The fourth-order valence-electron chi connectivity index (χ4n) is 3.26. The molecule has 6 heteroatoms. The number of likely N-dealkylation sites (tertiary alicyclic amines) is 2. The van der Waals surface area contributed by atoms with Crippen LogP contribution in [-0.2, 0) is 4.79 Å². The largest absolute Gasteiger partial charge is 0.481 e. The highest BCUT2D eigenvalue weighted by atomic mass is 16.4. The van der Waals surface area contributed by atoms with Gasteiger partial charge in [-0.1, -0.05) is 6.42 Å². The number of carboxylic acids is 1. The molecule has 0 aromatic carbocycles. The number of hydrogen-bond donors (Lipinski definition) is 2. The highest BCUT2D eigenvalue weighted by Crippen LogP contribution is 2.20. The van der Waals surface area contributed by atoms with E-state index in [0.29, 0.717) is 19.0 Å². The van der Waals surface area contributed by atoms with Gasteiger partial charge in [0.1, 0.15) is 0 Å². The lowest BCUT2D eigenvalue weighted by Gasteiger charge is -2.40. The Morgan fingerprint density at radius 2 is 1.71 bits per heavy atom. The molecule has 2 fully saturated rings. The van der Waals surface area contributed by atoms with Crippen molar-refractivity contribution in [2.75, 3.05) is 32.7 Å². The van der Waals surface area contributed by atoms with Crippen LogP contribution in [0, 0.1) is 0 Å². The second-order valence-electron chi connectivity index (χ2n) is 6.04. The molecule has 2 aliphatic heterocycles. The van der Waals surface area contributed by atoms with Gasteiger partial charge in [-0.05, 0) is 45.2 Å². The van der Waals surface area contributed by atoms with Crippen molar-refractivity contribution in [3.8, 4) is 0 Å². The monoisotopic (exact) mass is 297 g/mol. The third-order valence-corrected chi connectivity index (χ3v) is 4.50. The molecule has 0 aromatic heterocycles. The van der Waals surface area contributed by atoms with Gasteiger partial charge in [-0.3, -0.25) is 4.79 Å². The van der Waals surface area contributed by atoms with Crippen molar-refractivity contribution in [3.05, 3.63) is 0 Å². The molecule has 0 atom stereocenters. The molecular formula is C15H27N3O3. The fourth-order valence-corrected chi connectivity index (χ4v) is 3.26. The van der Waals surface area contributed by atoms with E-state index < -0.39 is 5.97 Å². The Hall–Kier alpha value is -1.30. The summed E-state index contributed by atoms with van der Waals surface area (Å²) in [7, 11) is 0. The lowest BCUT2D eigenvalue weighted by Crippen LogP contribution is -2.50. The van der Waals surface area contributed by atoms with E-state index in [1.807, 2.05) is 4.90 Å². The Morgan fingerprint density at radius 1 is 1.05 bits per heavy atom. The zero-order valence-corrected chi connectivity index (χ0v) is 12.7. The summed E-state index contributed by atoms with van der Waals surface area (Å²) in [6.45, 7) is 4.49. The molecule has 2 N–H and O–H groups in total. The smallest absolute Gasteiger partial charge is 0.317 e. The highest BCUT2D eigenvalue weighted by Gasteiger charge is 2.27. The first-order valence-corrected chi connectivity index (χ1v) is 8.15. The Kier molecular flexibility index (Phi) is 6.29. The molecule has 6 nitrogen and oxygen atoms in total. The third kappa shape index (κ3) is 5.19. The fraction of sp³-hybridized carbons (Fsp3) is 0.867. The van der Waals surface area contributed by atoms with Crippen molar-refractivity contribution in [2.24, 2.45) is 0 Å². The summed E-state index contributed by atoms with van der Waals surface area (Å²) in [5.41, 5.74) is 0. The zero-order chi connectivity index (χ0) is 15.1. The number of nitrogens with zero attached hydrogens (tertiary/aromatic N) is 2. The number of piperidine rings is 2. The summed E-state index contributed by atoms with van der Waals surface area (Å²) in [6, 6.07) is 0.596. The maximum atomic E-state index is 12.0. The number of nitrogens with one attached hydrogen (secondary N) is 1. The molecule has 2 saturated heterocycles. The van der Waals surface area contributed by atoms with Gasteiger partial charge >= 0.3 is 12.0 Å². The normalized spacial score (nSPS) is 21.2. The Bertz CT molecular complexity index is 348. The summed E-state index contributed by atoms with van der Waals surface area (Å²) < 4.78 is 0. The quantitative estimate of drug-likeness (QED) is 0.755. The van der Waals surface area contributed by atoms with Crippen molar-refractivity contribution in [1.29, 1.82) is 0 Å². The van der Waals surface area contributed by atoms with Gasteiger partial charge in [0, 0.05) is 32.1 Å². The lowest BCUT2D eigenvalue weighted by molar-refractivity contribution is -0.137. The maximum Gasteiger partial charge on any atom is 0.317 e. The van der Waals surface area contributed by atoms with E-state index in [1.54, 1.807) is 0 Å². The van der Waals surface area contributed by atoms with E-state index in [1.165, 1.54) is 32.4 Å². The minimum absolute atomic E-state index is 0.0440. The predicted molar refractivity (Wildman–Crippen MR) is 80.3 cm³/mol. The van der Waals surface area contributed by atoms with Crippen LogP contribution >= 0.6 is 0 Å². The van der Waals surface area contributed by atoms with Gasteiger partial charge in [0.25, 0.3) is 0 Å². The standard InChI is InChI=1S/C15H27N3O3/c19-14(20)5-4-8-16-15(21)18-11-6-13(7-12-18)17-9-2-1-3-10-17/h13H,1-12H2,(H,16,21)(H,19,20). The molecule has 120 valence electrons. The Morgan fingerprint density at radius 3 is 2.33 bits per heavy atom. The molecule has 0 unspecified atom stereocenters. The maximum absolute atomic E-state index is 12.0. The van der Waals surface area contributed by atoms with Gasteiger partial charge < -0.3 is 20.2 Å². The number of carbonyl (C=O) groups excluding carboxylic acids is 1. The lowest BCUT2D eigenvalue weighted by atomic mass is 10.0. The second-order valence-corrected chi connectivity index (χ2v) is 6.04. The van der Waals surface area contributed by atoms with Crippen LogP contribution in [0.2, 0.25) is 0 Å². The molecule has 0 bridgehead atoms. The molecule has 0 spiro atoms. The number of urea groups is 1. The first-order valence-electron chi connectivity index (χ1n) is 8.15. The average Bonchev–Trinajstić information content (AvgIpc) is 2.52. The molecule has 2 aliphatic rings. The SMILES string of the molecule is O=C(O)CCCNC(=O)N1CCC(N2CCCCC2)CC1. The van der Waals surface area contributed by atoms with Crippen LogP contribution < -0.4 is 5.32 Å². The van der Waals surface area contributed by atoms with Crippen molar-refractivity contribution in [2.45, 2.75) is 51.0 Å². The van der Waals surface area contributed by atoms with Crippen LogP contribution in [-0.4, -0.2) is 65.7 Å². The molecule has 2 amide bonds. The van der Waals surface area contributed by atoms with Crippen LogP contribution in [0.3, 0.4) is 0 Å². The molecule has 0 aromatic rings. The summed E-state index contributed by atoms with van der Waals surface area (Å²) >= 11 is 0. The van der Waals surface area contributed by atoms with Crippen LogP contribution in [0.15, 0.2) is 0 Å². The van der Waals surface area contributed by atoms with E-state index in [9.17, 15) is 9.59 Å². The molecule has 0 saturated carbocycles. The Labute approximate surface area is 126 Å². The van der Waals surface area contributed by atoms with E-state index in [4.69, 9.17) is 5.11 Å². The van der Waals surface area contributed by atoms with Crippen LogP contribution in [0.5, 0.6) is 0 Å². The van der Waals surface area contributed by atoms with Gasteiger partial charge in [0.2, 0.25) is 0 Å². The van der Waals surface area contributed by atoms with Gasteiger partial charge in [-0.25, -0.2) is 4.79 Å². The number of aliphatic carboxylic acids is 1. The summed E-state index contributed by atoms with van der Waals surface area (Å²) in [5, 5.41) is 11.4. The van der Waals surface area contributed by atoms with Gasteiger partial charge in [-0.15, -0.1) is 0 Å². The van der Waals surface area contributed by atoms with Crippen LogP contribution in [0.4, 0.5) is 4.79 Å². The van der Waals surface area contributed by atoms with Crippen molar-refractivity contribution >= 4 is 12.0 Å². The highest BCUT2D eigenvalue weighted by molar-refractivity contribution is 5.74. The summed E-state index contributed by atoms with van der Waals surface area (Å²) in [4.78, 5) is 26.8. The number of amides is 2. The van der Waals surface area contributed by atoms with E-state index in [-0.39, 0.29) is 12.5 Å². The molecule has 0 radical (unpaired) electrons. The second kappa shape index (κ2) is 8.22. The van der Waals surface area contributed by atoms with E-state index >= 15 is 0 Å². The molecule has 2 heterocycles. The number of carboxylic acid groups (broad SMARTS) is 1.